The van der Waals surface area contributed by atoms with E-state index in [1.807, 2.05) is 67.6 Å². The maximum Gasteiger partial charge on any atom is 0.280 e. The molecule has 4 heteroatoms. The fraction of sp³-hybridized carbons (Fsp3) is 0.158. The minimum Gasteiger partial charge on any atom is -0.481 e. The lowest BCUT2D eigenvalue weighted by Gasteiger charge is -2.13. The van der Waals surface area contributed by atoms with E-state index in [9.17, 15) is 4.79 Å². The summed E-state index contributed by atoms with van der Waals surface area (Å²) in [7, 11) is 0. The van der Waals surface area contributed by atoms with Crippen molar-refractivity contribution in [2.45, 2.75) is 20.0 Å². The monoisotopic (exact) mass is 308 g/mol. The van der Waals surface area contributed by atoms with Gasteiger partial charge in [-0.2, -0.15) is 5.10 Å². The van der Waals surface area contributed by atoms with E-state index in [4.69, 9.17) is 4.74 Å². The Morgan fingerprint density at radius 2 is 1.96 bits per heavy atom. The number of hydrazone groups is 1. The van der Waals surface area contributed by atoms with Gasteiger partial charge in [0.2, 0.25) is 0 Å². The minimum atomic E-state index is -0.618. The highest BCUT2D eigenvalue weighted by molar-refractivity contribution is 5.83. The second kappa shape index (κ2) is 8.54. The lowest BCUT2D eigenvalue weighted by molar-refractivity contribution is -0.127. The molecule has 0 aliphatic heterocycles. The zero-order chi connectivity index (χ0) is 16.5. The van der Waals surface area contributed by atoms with Crippen LogP contribution in [0.4, 0.5) is 0 Å². The van der Waals surface area contributed by atoms with Crippen LogP contribution >= 0.6 is 0 Å². The summed E-state index contributed by atoms with van der Waals surface area (Å²) in [6.45, 7) is 3.66. The quantitative estimate of drug-likeness (QED) is 0.655. The molecule has 0 aliphatic rings. The highest BCUT2D eigenvalue weighted by Crippen LogP contribution is 2.14. The van der Waals surface area contributed by atoms with Crippen LogP contribution in [0.15, 0.2) is 65.8 Å². The molecule has 23 heavy (non-hydrogen) atoms. The van der Waals surface area contributed by atoms with Gasteiger partial charge in [-0.25, -0.2) is 5.43 Å². The fourth-order valence-electron chi connectivity index (χ4n) is 1.90. The molecule has 0 saturated carbocycles. The number of carbonyl (C=O) groups is 1. The van der Waals surface area contributed by atoms with Crippen molar-refractivity contribution in [1.82, 2.24) is 5.43 Å². The molecule has 1 N–H and O–H groups in total. The zero-order valence-electron chi connectivity index (χ0n) is 13.3. The Kier molecular flexibility index (Phi) is 6.12. The summed E-state index contributed by atoms with van der Waals surface area (Å²) in [6.07, 6.45) is 4.58. The zero-order valence-corrected chi connectivity index (χ0v) is 13.3. The van der Waals surface area contributed by atoms with Gasteiger partial charge < -0.3 is 4.74 Å². The molecule has 2 aromatic rings. The smallest absolute Gasteiger partial charge is 0.280 e. The van der Waals surface area contributed by atoms with Crippen molar-refractivity contribution in [3.8, 4) is 5.75 Å². The van der Waals surface area contributed by atoms with Crippen molar-refractivity contribution in [1.29, 1.82) is 0 Å². The molecule has 0 heterocycles. The van der Waals surface area contributed by atoms with Crippen LogP contribution in [0.3, 0.4) is 0 Å². The van der Waals surface area contributed by atoms with Crippen molar-refractivity contribution in [2.24, 2.45) is 5.10 Å². The molecule has 1 atom stereocenters. The van der Waals surface area contributed by atoms with Crippen LogP contribution in [-0.4, -0.2) is 18.2 Å². The summed E-state index contributed by atoms with van der Waals surface area (Å²) >= 11 is 0. The number of ether oxygens (including phenoxy) is 1. The largest absolute Gasteiger partial charge is 0.481 e. The number of nitrogens with zero attached hydrogens (tertiary/aromatic N) is 1. The van der Waals surface area contributed by atoms with E-state index in [0.29, 0.717) is 5.75 Å². The van der Waals surface area contributed by atoms with Crippen LogP contribution < -0.4 is 10.2 Å². The Balaban J connectivity index is 1.79. The second-order valence-electron chi connectivity index (χ2n) is 5.10. The van der Waals surface area contributed by atoms with Crippen LogP contribution in [0.5, 0.6) is 5.75 Å². The first-order valence-electron chi connectivity index (χ1n) is 7.43. The summed E-state index contributed by atoms with van der Waals surface area (Å²) in [5.74, 6) is 0.372. The van der Waals surface area contributed by atoms with Crippen molar-refractivity contribution in [3.63, 3.8) is 0 Å². The number of amides is 1. The predicted octanol–water partition coefficient (Wildman–Crippen LogP) is 3.58. The van der Waals surface area contributed by atoms with E-state index in [2.05, 4.69) is 10.5 Å². The van der Waals surface area contributed by atoms with Gasteiger partial charge in [-0.05, 0) is 43.2 Å². The number of hydrogen-bond donors (Lipinski definition) is 1. The molecule has 0 spiro atoms. The molecular weight excluding hydrogens is 288 g/mol. The van der Waals surface area contributed by atoms with Crippen molar-refractivity contribution < 1.29 is 9.53 Å². The third kappa shape index (κ3) is 5.79. The van der Waals surface area contributed by atoms with Gasteiger partial charge in [0, 0.05) is 6.21 Å². The standard InChI is InChI=1S/C19H20N2O2/c1-15-8-6-12-18(14-15)23-16(2)19(22)21-20-13-7-11-17-9-4-3-5-10-17/h3-14,16H,1-2H3,(H,21,22)/b11-7+,20-13-/t16-/m1/s1. The summed E-state index contributed by atoms with van der Waals surface area (Å²) < 4.78 is 5.58. The van der Waals surface area contributed by atoms with Crippen LogP contribution in [0, 0.1) is 6.92 Å². The molecule has 0 bridgehead atoms. The molecule has 4 nitrogen and oxygen atoms in total. The van der Waals surface area contributed by atoms with E-state index in [0.717, 1.165) is 11.1 Å². The van der Waals surface area contributed by atoms with E-state index in [1.54, 1.807) is 13.0 Å². The molecular formula is C19H20N2O2. The Morgan fingerprint density at radius 1 is 1.17 bits per heavy atom. The molecule has 118 valence electrons. The first kappa shape index (κ1) is 16.5. The topological polar surface area (TPSA) is 50.7 Å². The van der Waals surface area contributed by atoms with E-state index >= 15 is 0 Å². The Hall–Kier alpha value is -2.88. The van der Waals surface area contributed by atoms with Gasteiger partial charge in [0.25, 0.3) is 5.91 Å². The van der Waals surface area contributed by atoms with Gasteiger partial charge in [-0.15, -0.1) is 0 Å². The molecule has 0 unspecified atom stereocenters. The van der Waals surface area contributed by atoms with Crippen LogP contribution in [0.25, 0.3) is 6.08 Å². The minimum absolute atomic E-state index is 0.295. The van der Waals surface area contributed by atoms with Gasteiger partial charge >= 0.3 is 0 Å². The maximum absolute atomic E-state index is 11.9. The first-order valence-corrected chi connectivity index (χ1v) is 7.43. The predicted molar refractivity (Wildman–Crippen MR) is 93.4 cm³/mol. The average Bonchev–Trinajstić information content (AvgIpc) is 2.55. The number of hydrogen-bond acceptors (Lipinski definition) is 3. The molecule has 0 saturated heterocycles. The van der Waals surface area contributed by atoms with E-state index in [-0.39, 0.29) is 5.91 Å². The SMILES string of the molecule is Cc1cccc(O[C@H](C)C(=O)N/N=C\C=C\c2ccccc2)c1. The summed E-state index contributed by atoms with van der Waals surface area (Å²) in [4.78, 5) is 11.9. The van der Waals surface area contributed by atoms with Crippen molar-refractivity contribution >= 4 is 18.2 Å². The molecule has 1 amide bonds. The van der Waals surface area contributed by atoms with Gasteiger partial charge in [0.15, 0.2) is 6.10 Å². The third-order valence-electron chi connectivity index (χ3n) is 3.10. The van der Waals surface area contributed by atoms with Gasteiger partial charge in [0.05, 0.1) is 0 Å². The fourth-order valence-corrected chi connectivity index (χ4v) is 1.90. The molecule has 0 aromatic heterocycles. The molecule has 0 fully saturated rings. The van der Waals surface area contributed by atoms with Gasteiger partial charge in [0.1, 0.15) is 5.75 Å². The molecule has 0 aliphatic carbocycles. The lowest BCUT2D eigenvalue weighted by atomic mass is 10.2. The third-order valence-corrected chi connectivity index (χ3v) is 3.10. The normalized spacial score (nSPS) is 12.4. The van der Waals surface area contributed by atoms with Crippen molar-refractivity contribution in [2.75, 3.05) is 0 Å². The van der Waals surface area contributed by atoms with Crippen LogP contribution in [-0.2, 0) is 4.79 Å². The number of aryl methyl sites for hydroxylation is 1. The van der Waals surface area contributed by atoms with E-state index in [1.165, 1.54) is 6.21 Å². The number of carbonyl (C=O) groups excluding carboxylic acids is 1. The summed E-state index contributed by atoms with van der Waals surface area (Å²) in [5, 5.41) is 3.88. The highest BCUT2D eigenvalue weighted by atomic mass is 16.5. The number of rotatable bonds is 6. The van der Waals surface area contributed by atoms with Gasteiger partial charge in [-0.3, -0.25) is 4.79 Å². The highest BCUT2D eigenvalue weighted by Gasteiger charge is 2.13. The Labute approximate surface area is 136 Å². The van der Waals surface area contributed by atoms with E-state index < -0.39 is 6.10 Å². The lowest BCUT2D eigenvalue weighted by Crippen LogP contribution is -2.33. The van der Waals surface area contributed by atoms with Crippen molar-refractivity contribution in [3.05, 3.63) is 71.8 Å². The first-order chi connectivity index (χ1) is 11.1. The summed E-state index contributed by atoms with van der Waals surface area (Å²) in [5.41, 5.74) is 4.61. The van der Waals surface area contributed by atoms with Gasteiger partial charge in [-0.1, -0.05) is 48.5 Å². The summed E-state index contributed by atoms with van der Waals surface area (Å²) in [6, 6.07) is 17.4. The number of nitrogens with one attached hydrogen (secondary N) is 1. The maximum atomic E-state index is 11.9. The Morgan fingerprint density at radius 3 is 2.70 bits per heavy atom. The second-order valence-corrected chi connectivity index (χ2v) is 5.10. The molecule has 2 rings (SSSR count). The number of benzene rings is 2. The number of allylic oxidation sites excluding steroid dienone is 1. The van der Waals surface area contributed by atoms with Crippen LogP contribution in [0.2, 0.25) is 0 Å². The average molecular weight is 308 g/mol. The molecule has 0 radical (unpaired) electrons. The Bertz CT molecular complexity index is 694. The van der Waals surface area contributed by atoms with Crippen LogP contribution in [0.1, 0.15) is 18.1 Å². The molecule has 2 aromatic carbocycles.